The molecule has 0 spiro atoms. The largest absolute Gasteiger partial charge is 0.491 e. The van der Waals surface area contributed by atoms with Gasteiger partial charge in [-0.05, 0) is 58.9 Å². The molecule has 222 valence electrons. The van der Waals surface area contributed by atoms with Crippen molar-refractivity contribution in [3.05, 3.63) is 57.7 Å². The number of hydrogen-bond acceptors (Lipinski definition) is 10. The molecule has 0 radical (unpaired) electrons. The molecule has 2 aliphatic heterocycles. The van der Waals surface area contributed by atoms with Gasteiger partial charge >= 0.3 is 0 Å². The van der Waals surface area contributed by atoms with E-state index in [1.807, 2.05) is 33.0 Å². The standard InChI is InChI=1S/C30H36ClN7O4/c1-17-28(27-18(2)36-42-19(27)3)34-29(24-11-23(5-6-25(24)31)41-16-22(39)13-32-4)35-30(17)37-14-20-12-33-38(26(20)15-37)21-7-9-40-10-8-21/h5-6,11-12,21-22,32,39H,7-10,13-16H2,1-4H3/t22-/m1/s1. The van der Waals surface area contributed by atoms with E-state index in [1.54, 1.807) is 19.2 Å². The molecule has 4 aromatic rings. The smallest absolute Gasteiger partial charge is 0.163 e. The topological polar surface area (TPSA) is 124 Å². The Morgan fingerprint density at radius 2 is 1.98 bits per heavy atom. The molecule has 2 aliphatic rings. The highest BCUT2D eigenvalue weighted by molar-refractivity contribution is 6.33. The number of rotatable bonds is 9. The summed E-state index contributed by atoms with van der Waals surface area (Å²) in [6, 6.07) is 5.71. The van der Waals surface area contributed by atoms with Crippen LogP contribution in [0.2, 0.25) is 5.02 Å². The summed E-state index contributed by atoms with van der Waals surface area (Å²) >= 11 is 6.74. The van der Waals surface area contributed by atoms with Crippen molar-refractivity contribution in [1.29, 1.82) is 0 Å². The molecule has 6 rings (SSSR count). The average Bonchev–Trinajstić information content (AvgIpc) is 3.68. The molecular formula is C30H36ClN7O4. The van der Waals surface area contributed by atoms with Crippen LogP contribution in [0.15, 0.2) is 28.9 Å². The van der Waals surface area contributed by atoms with E-state index in [0.29, 0.717) is 53.6 Å². The number of aliphatic hydroxyl groups excluding tert-OH is 1. The number of halogens is 1. The second kappa shape index (κ2) is 12.0. The second-order valence-corrected chi connectivity index (χ2v) is 11.4. The third kappa shape index (κ3) is 5.49. The van der Waals surface area contributed by atoms with Crippen LogP contribution in [-0.4, -0.2) is 69.5 Å². The molecule has 42 heavy (non-hydrogen) atoms. The van der Waals surface area contributed by atoms with Crippen molar-refractivity contribution < 1.29 is 19.1 Å². The fourth-order valence-electron chi connectivity index (χ4n) is 5.82. The fourth-order valence-corrected chi connectivity index (χ4v) is 6.02. The summed E-state index contributed by atoms with van der Waals surface area (Å²) < 4.78 is 19.2. The van der Waals surface area contributed by atoms with Gasteiger partial charge in [0, 0.05) is 43.0 Å². The Hall–Kier alpha value is -3.51. The highest BCUT2D eigenvalue weighted by Gasteiger charge is 2.31. The molecule has 2 N–H and O–H groups in total. The van der Waals surface area contributed by atoms with Crippen molar-refractivity contribution in [2.24, 2.45) is 0 Å². The predicted octanol–water partition coefficient (Wildman–Crippen LogP) is 4.40. The number of aliphatic hydroxyl groups is 1. The summed E-state index contributed by atoms with van der Waals surface area (Å²) in [5, 5.41) is 22.5. The van der Waals surface area contributed by atoms with Gasteiger partial charge in [-0.2, -0.15) is 5.10 Å². The van der Waals surface area contributed by atoms with Gasteiger partial charge in [0.05, 0.1) is 46.5 Å². The Bertz CT molecular complexity index is 1560. The second-order valence-electron chi connectivity index (χ2n) is 11.0. The van der Waals surface area contributed by atoms with E-state index >= 15 is 0 Å². The van der Waals surface area contributed by atoms with E-state index in [-0.39, 0.29) is 6.61 Å². The van der Waals surface area contributed by atoms with E-state index in [4.69, 9.17) is 40.7 Å². The highest BCUT2D eigenvalue weighted by Crippen LogP contribution is 2.39. The van der Waals surface area contributed by atoms with Gasteiger partial charge in [0.15, 0.2) is 5.82 Å². The number of likely N-dealkylation sites (N-methyl/N-ethyl adjacent to an activating group) is 1. The van der Waals surface area contributed by atoms with Crippen molar-refractivity contribution in [1.82, 2.24) is 30.2 Å². The average molecular weight is 594 g/mol. The van der Waals surface area contributed by atoms with Crippen LogP contribution >= 0.6 is 11.6 Å². The van der Waals surface area contributed by atoms with Gasteiger partial charge in [-0.25, -0.2) is 9.97 Å². The summed E-state index contributed by atoms with van der Waals surface area (Å²) in [7, 11) is 1.78. The molecule has 3 aromatic heterocycles. The van der Waals surface area contributed by atoms with Gasteiger partial charge < -0.3 is 29.3 Å². The van der Waals surface area contributed by atoms with Crippen LogP contribution in [0.5, 0.6) is 5.75 Å². The molecule has 12 heteroatoms. The Balaban J connectivity index is 1.40. The predicted molar refractivity (Wildman–Crippen MR) is 159 cm³/mol. The maximum Gasteiger partial charge on any atom is 0.163 e. The minimum Gasteiger partial charge on any atom is -0.491 e. The lowest BCUT2D eigenvalue weighted by molar-refractivity contribution is 0.0655. The van der Waals surface area contributed by atoms with Gasteiger partial charge in [0.25, 0.3) is 0 Å². The zero-order valence-electron chi connectivity index (χ0n) is 24.4. The zero-order valence-corrected chi connectivity index (χ0v) is 25.1. The van der Waals surface area contributed by atoms with Gasteiger partial charge in [-0.3, -0.25) is 4.68 Å². The maximum absolute atomic E-state index is 10.1. The Labute approximate surface area is 249 Å². The summed E-state index contributed by atoms with van der Waals surface area (Å²) in [5.41, 5.74) is 6.34. The van der Waals surface area contributed by atoms with Crippen LogP contribution in [0.25, 0.3) is 22.6 Å². The number of nitrogens with zero attached hydrogens (tertiary/aromatic N) is 6. The van der Waals surface area contributed by atoms with Crippen molar-refractivity contribution in [2.45, 2.75) is 58.8 Å². The van der Waals surface area contributed by atoms with Crippen LogP contribution in [0, 0.1) is 20.8 Å². The van der Waals surface area contributed by atoms with Crippen LogP contribution < -0.4 is 15.0 Å². The lowest BCUT2D eigenvalue weighted by Crippen LogP contribution is -2.29. The summed E-state index contributed by atoms with van der Waals surface area (Å²) in [5.74, 6) is 2.54. The molecule has 1 fully saturated rings. The molecule has 1 aromatic carbocycles. The minimum absolute atomic E-state index is 0.141. The number of ether oxygens (including phenoxy) is 2. The van der Waals surface area contributed by atoms with Gasteiger partial charge in [0.1, 0.15) is 30.0 Å². The first-order chi connectivity index (χ1) is 20.3. The molecule has 1 atom stereocenters. The van der Waals surface area contributed by atoms with Crippen molar-refractivity contribution >= 4 is 17.4 Å². The Morgan fingerprint density at radius 1 is 1.17 bits per heavy atom. The number of anilines is 1. The van der Waals surface area contributed by atoms with E-state index in [9.17, 15) is 5.11 Å². The van der Waals surface area contributed by atoms with Crippen LogP contribution in [0.3, 0.4) is 0 Å². The van der Waals surface area contributed by atoms with Gasteiger partial charge in [-0.15, -0.1) is 0 Å². The highest BCUT2D eigenvalue weighted by atomic mass is 35.5. The molecular weight excluding hydrogens is 558 g/mol. The first-order valence-electron chi connectivity index (χ1n) is 14.3. The number of aryl methyl sites for hydroxylation is 2. The molecule has 5 heterocycles. The fraction of sp³-hybridized carbons (Fsp3) is 0.467. The number of hydrogen-bond donors (Lipinski definition) is 2. The maximum atomic E-state index is 10.1. The van der Waals surface area contributed by atoms with Crippen molar-refractivity contribution in [3.63, 3.8) is 0 Å². The number of nitrogens with one attached hydrogen (secondary N) is 1. The summed E-state index contributed by atoms with van der Waals surface area (Å²) in [4.78, 5) is 12.4. The van der Waals surface area contributed by atoms with Crippen molar-refractivity contribution in [3.8, 4) is 28.4 Å². The third-order valence-corrected chi connectivity index (χ3v) is 8.30. The van der Waals surface area contributed by atoms with Crippen LogP contribution in [0.4, 0.5) is 5.82 Å². The van der Waals surface area contributed by atoms with Gasteiger partial charge in [0.2, 0.25) is 0 Å². The summed E-state index contributed by atoms with van der Waals surface area (Å²) in [6.07, 6.45) is 3.27. The van der Waals surface area contributed by atoms with Gasteiger partial charge in [-0.1, -0.05) is 16.8 Å². The summed E-state index contributed by atoms with van der Waals surface area (Å²) in [6.45, 7) is 9.31. The number of aromatic nitrogens is 5. The lowest BCUT2D eigenvalue weighted by Gasteiger charge is -2.25. The van der Waals surface area contributed by atoms with E-state index in [2.05, 4.69) is 20.1 Å². The molecule has 0 aliphatic carbocycles. The Kier molecular flexibility index (Phi) is 8.17. The molecule has 1 saturated heterocycles. The molecule has 0 amide bonds. The number of fused-ring (bicyclic) bond motifs is 1. The zero-order chi connectivity index (χ0) is 29.4. The molecule has 0 unspecified atom stereocenters. The van der Waals surface area contributed by atoms with Crippen LogP contribution in [-0.2, 0) is 17.8 Å². The molecule has 0 saturated carbocycles. The van der Waals surface area contributed by atoms with E-state index in [1.165, 1.54) is 11.3 Å². The molecule has 0 bridgehead atoms. The monoisotopic (exact) mass is 593 g/mol. The lowest BCUT2D eigenvalue weighted by atomic mass is 10.0. The van der Waals surface area contributed by atoms with E-state index in [0.717, 1.165) is 54.4 Å². The quantitative estimate of drug-likeness (QED) is 0.288. The first-order valence-corrected chi connectivity index (χ1v) is 14.7. The molecule has 11 nitrogen and oxygen atoms in total. The van der Waals surface area contributed by atoms with E-state index < -0.39 is 6.10 Å². The van der Waals surface area contributed by atoms with Crippen molar-refractivity contribution in [2.75, 3.05) is 38.3 Å². The Morgan fingerprint density at radius 3 is 2.71 bits per heavy atom. The normalized spacial score (nSPS) is 16.2. The third-order valence-electron chi connectivity index (χ3n) is 7.97. The van der Waals surface area contributed by atoms with Crippen LogP contribution in [0.1, 0.15) is 47.2 Å². The first kappa shape index (κ1) is 28.6. The number of benzene rings is 1. The SMILES string of the molecule is CNC[C@@H](O)COc1ccc(Cl)c(-c2nc(-c3c(C)noc3C)c(C)c(N3Cc4cnn(C5CCOCC5)c4C3)n2)c1. The minimum atomic E-state index is -0.642.